The van der Waals surface area contributed by atoms with E-state index in [9.17, 15) is 14.4 Å². The van der Waals surface area contributed by atoms with Crippen LogP contribution in [0.3, 0.4) is 0 Å². The second kappa shape index (κ2) is 7.02. The van der Waals surface area contributed by atoms with Gasteiger partial charge in [-0.05, 0) is 37.8 Å². The summed E-state index contributed by atoms with van der Waals surface area (Å²) in [6, 6.07) is 7.25. The Bertz CT molecular complexity index is 914. The maximum absolute atomic E-state index is 13.2. The van der Waals surface area contributed by atoms with E-state index in [0.717, 1.165) is 25.7 Å². The summed E-state index contributed by atoms with van der Waals surface area (Å²) in [4.78, 5) is 43.1. The summed E-state index contributed by atoms with van der Waals surface area (Å²) < 4.78 is 0. The van der Waals surface area contributed by atoms with E-state index in [2.05, 4.69) is 15.2 Å². The Morgan fingerprint density at radius 2 is 2.00 bits per heavy atom. The van der Waals surface area contributed by atoms with Gasteiger partial charge in [0.05, 0.1) is 11.3 Å². The minimum atomic E-state index is -0.334. The molecule has 1 saturated heterocycles. The maximum Gasteiger partial charge on any atom is 0.340 e. The number of anilines is 1. The number of likely N-dealkylation sites (tertiary alicyclic amines) is 1. The zero-order chi connectivity index (χ0) is 19.0. The second-order valence-corrected chi connectivity index (χ2v) is 7.34. The minimum Gasteiger partial charge on any atom is -0.338 e. The van der Waals surface area contributed by atoms with Gasteiger partial charge in [-0.3, -0.25) is 14.6 Å². The van der Waals surface area contributed by atoms with E-state index in [0.29, 0.717) is 30.2 Å². The van der Waals surface area contributed by atoms with Crippen LogP contribution in [0.15, 0.2) is 29.1 Å². The van der Waals surface area contributed by atoms with Gasteiger partial charge in [0.2, 0.25) is 5.91 Å². The molecule has 8 nitrogen and oxygen atoms in total. The fourth-order valence-electron chi connectivity index (χ4n) is 3.70. The molecule has 2 aliphatic rings. The Kier molecular flexibility index (Phi) is 4.55. The summed E-state index contributed by atoms with van der Waals surface area (Å²) in [7, 11) is 1.74. The topological polar surface area (TPSA) is 102 Å². The molecule has 1 atom stereocenters. The third-order valence-corrected chi connectivity index (χ3v) is 5.37. The molecule has 0 bridgehead atoms. The number of carbonyl (C=O) groups excluding carboxylic acids is 2. The van der Waals surface area contributed by atoms with E-state index >= 15 is 0 Å². The first-order valence-corrected chi connectivity index (χ1v) is 9.35. The summed E-state index contributed by atoms with van der Waals surface area (Å²) in [5.74, 6) is 0.657. The van der Waals surface area contributed by atoms with Crippen molar-refractivity contribution in [2.75, 3.05) is 25.0 Å². The average Bonchev–Trinajstić information content (AvgIpc) is 3.47. The molecule has 8 heteroatoms. The predicted octanol–water partition coefficient (Wildman–Crippen LogP) is 1.49. The molecule has 1 saturated carbocycles. The number of nitrogens with zero attached hydrogens (tertiary/aromatic N) is 3. The highest BCUT2D eigenvalue weighted by molar-refractivity contribution is 6.05. The number of carbonyl (C=O) groups is 2. The lowest BCUT2D eigenvalue weighted by molar-refractivity contribution is -0.119. The molecule has 4 rings (SSSR count). The average molecular weight is 369 g/mol. The number of aromatic nitrogens is 3. The lowest BCUT2D eigenvalue weighted by atomic mass is 9.96. The quantitative estimate of drug-likeness (QED) is 0.852. The summed E-state index contributed by atoms with van der Waals surface area (Å²) in [5.41, 5.74) is 0.846. The number of aromatic amines is 2. The Labute approximate surface area is 156 Å². The first-order chi connectivity index (χ1) is 13.0. The van der Waals surface area contributed by atoms with Crippen LogP contribution in [-0.4, -0.2) is 52.0 Å². The van der Waals surface area contributed by atoms with Crippen LogP contribution in [0, 0.1) is 5.92 Å². The van der Waals surface area contributed by atoms with Crippen molar-refractivity contribution in [3.63, 3.8) is 0 Å². The Morgan fingerprint density at radius 3 is 2.70 bits per heavy atom. The molecule has 27 heavy (non-hydrogen) atoms. The number of amides is 2. The standard InChI is InChI=1S/C19H23N5O3/c1-23(17(25)12-8-9-12)15-7-3-2-6-14(15)18(26)24-10-4-5-13(11-24)16-20-19(27)22-21-16/h2-3,6-7,12-13H,4-5,8-11H2,1H3,(H2,20,21,22,27). The summed E-state index contributed by atoms with van der Waals surface area (Å²) in [6.07, 6.45) is 3.56. The van der Waals surface area contributed by atoms with Crippen molar-refractivity contribution in [3.8, 4) is 0 Å². The second-order valence-electron chi connectivity index (χ2n) is 7.34. The smallest absolute Gasteiger partial charge is 0.338 e. The molecular weight excluding hydrogens is 346 g/mol. The lowest BCUT2D eigenvalue weighted by Crippen LogP contribution is -2.40. The van der Waals surface area contributed by atoms with Gasteiger partial charge in [-0.1, -0.05) is 12.1 Å². The third-order valence-electron chi connectivity index (χ3n) is 5.37. The van der Waals surface area contributed by atoms with Gasteiger partial charge in [0.15, 0.2) is 0 Å². The van der Waals surface area contributed by atoms with Crippen molar-refractivity contribution in [3.05, 3.63) is 46.1 Å². The Balaban J connectivity index is 1.55. The van der Waals surface area contributed by atoms with Gasteiger partial charge in [0, 0.05) is 32.0 Å². The van der Waals surface area contributed by atoms with E-state index in [1.165, 1.54) is 0 Å². The van der Waals surface area contributed by atoms with Crippen molar-refractivity contribution in [1.29, 1.82) is 0 Å². The number of nitrogens with one attached hydrogen (secondary N) is 2. The van der Waals surface area contributed by atoms with Crippen LogP contribution in [-0.2, 0) is 4.79 Å². The van der Waals surface area contributed by atoms with Crippen LogP contribution in [0.4, 0.5) is 5.69 Å². The van der Waals surface area contributed by atoms with Gasteiger partial charge in [-0.25, -0.2) is 9.89 Å². The summed E-state index contributed by atoms with van der Waals surface area (Å²) >= 11 is 0. The van der Waals surface area contributed by atoms with Gasteiger partial charge in [-0.15, -0.1) is 0 Å². The molecule has 2 N–H and O–H groups in total. The molecule has 2 aromatic rings. The molecule has 1 aliphatic carbocycles. The van der Waals surface area contributed by atoms with Gasteiger partial charge >= 0.3 is 5.69 Å². The predicted molar refractivity (Wildman–Crippen MR) is 99.7 cm³/mol. The Hall–Kier alpha value is -2.90. The highest BCUT2D eigenvalue weighted by Gasteiger charge is 2.34. The molecule has 2 fully saturated rings. The summed E-state index contributed by atoms with van der Waals surface area (Å²) in [5, 5.41) is 6.40. The highest BCUT2D eigenvalue weighted by atomic mass is 16.2. The highest BCUT2D eigenvalue weighted by Crippen LogP contribution is 2.33. The SMILES string of the molecule is CN(C(=O)C1CC1)c1ccccc1C(=O)N1CCCC(c2n[nH]c(=O)[nH]2)C1. The molecule has 1 unspecified atom stereocenters. The van der Waals surface area contributed by atoms with Gasteiger partial charge < -0.3 is 9.80 Å². The van der Waals surface area contributed by atoms with E-state index in [1.807, 2.05) is 18.2 Å². The van der Waals surface area contributed by atoms with Crippen LogP contribution >= 0.6 is 0 Å². The monoisotopic (exact) mass is 369 g/mol. The van der Waals surface area contributed by atoms with Crippen LogP contribution in [0.1, 0.15) is 47.8 Å². The largest absolute Gasteiger partial charge is 0.340 e. The number of H-pyrrole nitrogens is 2. The van der Waals surface area contributed by atoms with Gasteiger partial charge in [-0.2, -0.15) is 5.10 Å². The van der Waals surface area contributed by atoms with E-state index in [-0.39, 0.29) is 29.3 Å². The molecule has 1 aromatic carbocycles. The number of hydrogen-bond acceptors (Lipinski definition) is 4. The van der Waals surface area contributed by atoms with Crippen molar-refractivity contribution >= 4 is 17.5 Å². The number of hydrogen-bond donors (Lipinski definition) is 2. The first-order valence-electron chi connectivity index (χ1n) is 9.35. The lowest BCUT2D eigenvalue weighted by Gasteiger charge is -2.32. The fraction of sp³-hybridized carbons (Fsp3) is 0.474. The number of piperidine rings is 1. The van der Waals surface area contributed by atoms with Crippen LogP contribution in [0.25, 0.3) is 0 Å². The van der Waals surface area contributed by atoms with Crippen molar-refractivity contribution in [2.24, 2.45) is 5.92 Å². The molecule has 2 amide bonds. The van der Waals surface area contributed by atoms with Crippen molar-refractivity contribution in [2.45, 2.75) is 31.6 Å². The van der Waals surface area contributed by atoms with Crippen LogP contribution < -0.4 is 10.6 Å². The first kappa shape index (κ1) is 17.5. The molecule has 1 aliphatic heterocycles. The molecule has 142 valence electrons. The normalized spacial score (nSPS) is 19.7. The summed E-state index contributed by atoms with van der Waals surface area (Å²) in [6.45, 7) is 1.15. The van der Waals surface area contributed by atoms with E-state index in [4.69, 9.17) is 0 Å². The van der Waals surface area contributed by atoms with Gasteiger partial charge in [0.25, 0.3) is 5.91 Å². The van der Waals surface area contributed by atoms with Crippen LogP contribution in [0.5, 0.6) is 0 Å². The van der Waals surface area contributed by atoms with Crippen LogP contribution in [0.2, 0.25) is 0 Å². The fourth-order valence-corrected chi connectivity index (χ4v) is 3.70. The van der Waals surface area contributed by atoms with E-state index in [1.54, 1.807) is 22.9 Å². The zero-order valence-electron chi connectivity index (χ0n) is 15.3. The van der Waals surface area contributed by atoms with Crippen molar-refractivity contribution in [1.82, 2.24) is 20.1 Å². The zero-order valence-corrected chi connectivity index (χ0v) is 15.3. The number of rotatable bonds is 4. The third kappa shape index (κ3) is 3.51. The Morgan fingerprint density at radius 1 is 1.22 bits per heavy atom. The van der Waals surface area contributed by atoms with E-state index < -0.39 is 0 Å². The molecule has 0 radical (unpaired) electrons. The number of benzene rings is 1. The molecule has 0 spiro atoms. The number of para-hydroxylation sites is 1. The van der Waals surface area contributed by atoms with Crippen molar-refractivity contribution < 1.29 is 9.59 Å². The molecule has 2 heterocycles. The minimum absolute atomic E-state index is 0.000335. The van der Waals surface area contributed by atoms with Gasteiger partial charge in [0.1, 0.15) is 5.82 Å². The maximum atomic E-state index is 13.2. The molecular formula is C19H23N5O3. The molecule has 1 aromatic heterocycles.